The number of benzene rings is 4. The first-order chi connectivity index (χ1) is 21.1. The largest absolute Gasteiger partial charge is 0.352 e. The maximum Gasteiger partial charge on any atom is 0.264 e. The molecule has 0 saturated carbocycles. The number of hydrogen-bond donors (Lipinski definition) is 1. The van der Waals surface area contributed by atoms with E-state index in [1.165, 1.54) is 17.0 Å². The van der Waals surface area contributed by atoms with Gasteiger partial charge in [-0.25, -0.2) is 8.42 Å². The van der Waals surface area contributed by atoms with Crippen LogP contribution in [0.15, 0.2) is 114 Å². The van der Waals surface area contributed by atoms with Crippen LogP contribution < -0.4 is 9.62 Å². The summed E-state index contributed by atoms with van der Waals surface area (Å²) in [6, 6.07) is 31.5. The molecule has 7 nitrogen and oxygen atoms in total. The van der Waals surface area contributed by atoms with Crippen LogP contribution in [0.1, 0.15) is 42.5 Å². The molecule has 44 heavy (non-hydrogen) atoms. The van der Waals surface area contributed by atoms with E-state index in [4.69, 9.17) is 0 Å². The summed E-state index contributed by atoms with van der Waals surface area (Å²) in [6.45, 7) is 7.41. The van der Waals surface area contributed by atoms with Crippen molar-refractivity contribution in [3.63, 3.8) is 0 Å². The van der Waals surface area contributed by atoms with Crippen molar-refractivity contribution in [3.05, 3.63) is 131 Å². The molecule has 2 amide bonds. The predicted molar refractivity (Wildman–Crippen MR) is 176 cm³/mol. The van der Waals surface area contributed by atoms with Crippen molar-refractivity contribution in [1.82, 2.24) is 10.2 Å². The van der Waals surface area contributed by atoms with Crippen LogP contribution in [0.25, 0.3) is 0 Å². The van der Waals surface area contributed by atoms with Crippen molar-refractivity contribution < 1.29 is 18.0 Å². The lowest BCUT2D eigenvalue weighted by Crippen LogP contribution is -2.54. The highest BCUT2D eigenvalue weighted by Gasteiger charge is 2.35. The topological polar surface area (TPSA) is 86.8 Å². The number of hydrogen-bond acceptors (Lipinski definition) is 4. The zero-order chi connectivity index (χ0) is 31.7. The van der Waals surface area contributed by atoms with E-state index in [-0.39, 0.29) is 29.8 Å². The highest BCUT2D eigenvalue weighted by Crippen LogP contribution is 2.26. The molecule has 0 aliphatic heterocycles. The monoisotopic (exact) mass is 611 g/mol. The average Bonchev–Trinajstić information content (AvgIpc) is 3.03. The maximum absolute atomic E-state index is 14.5. The fourth-order valence-corrected chi connectivity index (χ4v) is 6.42. The SMILES string of the molecule is CC[C@H](C)NC(=O)[C@H](Cc1ccccc1)N(Cc1ccccc1C)C(=O)CN(c1cccc(C)c1)S(=O)(=O)c1ccccc1. The minimum atomic E-state index is -4.12. The van der Waals surface area contributed by atoms with Crippen molar-refractivity contribution in [1.29, 1.82) is 0 Å². The van der Waals surface area contributed by atoms with E-state index < -0.39 is 28.5 Å². The molecular weight excluding hydrogens is 570 g/mol. The lowest BCUT2D eigenvalue weighted by atomic mass is 10.0. The van der Waals surface area contributed by atoms with Crippen LogP contribution in [0.4, 0.5) is 5.69 Å². The third kappa shape index (κ3) is 8.14. The minimum absolute atomic E-state index is 0.0788. The van der Waals surface area contributed by atoms with Crippen LogP contribution in [0.2, 0.25) is 0 Å². The molecule has 0 spiro atoms. The molecule has 0 saturated heterocycles. The molecule has 2 atom stereocenters. The number of aryl methyl sites for hydroxylation is 2. The Labute approximate surface area is 261 Å². The van der Waals surface area contributed by atoms with E-state index in [0.29, 0.717) is 5.69 Å². The van der Waals surface area contributed by atoms with Gasteiger partial charge in [-0.3, -0.25) is 13.9 Å². The molecule has 0 heterocycles. The lowest BCUT2D eigenvalue weighted by molar-refractivity contribution is -0.140. The standard InChI is InChI=1S/C36H41N3O4S/c1-5-29(4)37-36(41)34(24-30-17-8-6-9-18-30)38(25-31-19-13-12-16-28(31)3)35(40)26-39(32-20-14-15-27(2)23-32)44(42,43)33-21-10-7-11-22-33/h6-23,29,34H,5,24-26H2,1-4H3,(H,37,41)/t29-,34-/m0/s1. The second-order valence-electron chi connectivity index (χ2n) is 11.1. The van der Waals surface area contributed by atoms with Gasteiger partial charge in [0.05, 0.1) is 10.6 Å². The van der Waals surface area contributed by atoms with Crippen LogP contribution in [0.5, 0.6) is 0 Å². The summed E-state index contributed by atoms with van der Waals surface area (Å²) >= 11 is 0. The van der Waals surface area contributed by atoms with Crippen LogP contribution in [0, 0.1) is 13.8 Å². The van der Waals surface area contributed by atoms with E-state index in [9.17, 15) is 18.0 Å². The van der Waals surface area contributed by atoms with E-state index in [0.717, 1.165) is 33.0 Å². The number of nitrogens with zero attached hydrogens (tertiary/aromatic N) is 2. The molecule has 0 bridgehead atoms. The fourth-order valence-electron chi connectivity index (χ4n) is 5.00. The molecule has 0 aromatic heterocycles. The summed E-state index contributed by atoms with van der Waals surface area (Å²) in [7, 11) is -4.12. The predicted octanol–water partition coefficient (Wildman–Crippen LogP) is 6.05. The van der Waals surface area contributed by atoms with Gasteiger partial charge in [0.2, 0.25) is 11.8 Å². The lowest BCUT2D eigenvalue weighted by Gasteiger charge is -2.34. The molecule has 0 radical (unpaired) electrons. The normalized spacial score (nSPS) is 12.6. The Balaban J connectivity index is 1.81. The molecule has 0 aliphatic carbocycles. The smallest absolute Gasteiger partial charge is 0.264 e. The number of rotatable bonds is 13. The van der Waals surface area contributed by atoms with E-state index >= 15 is 0 Å². The van der Waals surface area contributed by atoms with Gasteiger partial charge in [-0.2, -0.15) is 0 Å². The van der Waals surface area contributed by atoms with Gasteiger partial charge in [0.15, 0.2) is 0 Å². The van der Waals surface area contributed by atoms with Crippen molar-refractivity contribution in [2.24, 2.45) is 0 Å². The summed E-state index contributed by atoms with van der Waals surface area (Å²) in [4.78, 5) is 30.1. The summed E-state index contributed by atoms with van der Waals surface area (Å²) in [5, 5.41) is 3.07. The highest BCUT2D eigenvalue weighted by molar-refractivity contribution is 7.92. The van der Waals surface area contributed by atoms with E-state index in [1.54, 1.807) is 36.4 Å². The molecule has 230 valence electrons. The summed E-state index contributed by atoms with van der Waals surface area (Å²) in [6.07, 6.45) is 1.00. The number of carbonyl (C=O) groups is 2. The van der Waals surface area contributed by atoms with Gasteiger partial charge in [-0.1, -0.05) is 91.9 Å². The zero-order valence-corrected chi connectivity index (χ0v) is 26.6. The molecule has 0 fully saturated rings. The summed E-state index contributed by atoms with van der Waals surface area (Å²) in [5.74, 6) is -0.757. The Bertz CT molecular complexity index is 1660. The quantitative estimate of drug-likeness (QED) is 0.199. The Morgan fingerprint density at radius 3 is 2.09 bits per heavy atom. The van der Waals surface area contributed by atoms with Crippen LogP contribution in [-0.2, 0) is 32.6 Å². The molecule has 1 N–H and O–H groups in total. The van der Waals surface area contributed by atoms with Crippen LogP contribution in [0.3, 0.4) is 0 Å². The van der Waals surface area contributed by atoms with Crippen molar-refractivity contribution in [2.75, 3.05) is 10.8 Å². The Kier molecular flexibility index (Phi) is 11.0. The van der Waals surface area contributed by atoms with Gasteiger partial charge in [-0.05, 0) is 73.7 Å². The van der Waals surface area contributed by atoms with Crippen molar-refractivity contribution in [2.45, 2.75) is 64.1 Å². The molecule has 8 heteroatoms. The van der Waals surface area contributed by atoms with Crippen molar-refractivity contribution >= 4 is 27.5 Å². The van der Waals surface area contributed by atoms with E-state index in [1.807, 2.05) is 88.4 Å². The number of carbonyl (C=O) groups excluding carboxylic acids is 2. The molecular formula is C36H41N3O4S. The van der Waals surface area contributed by atoms with Gasteiger partial charge in [0, 0.05) is 19.0 Å². The van der Waals surface area contributed by atoms with Gasteiger partial charge in [0.25, 0.3) is 10.0 Å². The fraction of sp³-hybridized carbons (Fsp3) is 0.278. The number of sulfonamides is 1. The summed E-state index contributed by atoms with van der Waals surface area (Å²) < 4.78 is 29.3. The van der Waals surface area contributed by atoms with E-state index in [2.05, 4.69) is 5.32 Å². The third-order valence-corrected chi connectivity index (χ3v) is 9.56. The van der Waals surface area contributed by atoms with Crippen molar-refractivity contribution in [3.8, 4) is 0 Å². The molecule has 0 unspecified atom stereocenters. The van der Waals surface area contributed by atoms with Crippen LogP contribution in [-0.4, -0.2) is 43.8 Å². The summed E-state index contributed by atoms with van der Waals surface area (Å²) in [5.41, 5.74) is 3.98. The first-order valence-electron chi connectivity index (χ1n) is 14.9. The van der Waals surface area contributed by atoms with Gasteiger partial charge >= 0.3 is 0 Å². The Morgan fingerprint density at radius 1 is 0.818 bits per heavy atom. The second-order valence-corrected chi connectivity index (χ2v) is 13.0. The first-order valence-corrected chi connectivity index (χ1v) is 16.4. The van der Waals surface area contributed by atoms with Crippen LogP contribution >= 0.6 is 0 Å². The highest BCUT2D eigenvalue weighted by atomic mass is 32.2. The molecule has 0 aliphatic rings. The second kappa shape index (κ2) is 14.8. The maximum atomic E-state index is 14.5. The number of nitrogens with one attached hydrogen (secondary N) is 1. The first kappa shape index (κ1) is 32.5. The minimum Gasteiger partial charge on any atom is -0.352 e. The third-order valence-electron chi connectivity index (χ3n) is 7.77. The molecule has 4 rings (SSSR count). The average molecular weight is 612 g/mol. The Hall–Kier alpha value is -4.43. The van der Waals surface area contributed by atoms with Gasteiger partial charge < -0.3 is 10.2 Å². The molecule has 4 aromatic rings. The van der Waals surface area contributed by atoms with Gasteiger partial charge in [0.1, 0.15) is 12.6 Å². The molecule has 4 aromatic carbocycles. The Morgan fingerprint density at radius 2 is 1.45 bits per heavy atom. The number of amides is 2. The van der Waals surface area contributed by atoms with Gasteiger partial charge in [-0.15, -0.1) is 0 Å². The number of anilines is 1. The zero-order valence-electron chi connectivity index (χ0n) is 25.8.